The van der Waals surface area contributed by atoms with Crippen LogP contribution in [0.2, 0.25) is 0 Å². The van der Waals surface area contributed by atoms with Crippen LogP contribution in [0, 0.1) is 5.92 Å². The molecule has 6 heteroatoms. The second-order valence-electron chi connectivity index (χ2n) is 19.8. The van der Waals surface area contributed by atoms with E-state index in [0.717, 1.165) is 63.7 Å². The maximum atomic E-state index is 12.8. The second-order valence-corrected chi connectivity index (χ2v) is 19.8. The van der Waals surface area contributed by atoms with Crippen LogP contribution in [0.3, 0.4) is 0 Å². The minimum absolute atomic E-state index is 0.0622. The number of esters is 3. The van der Waals surface area contributed by atoms with Crippen molar-refractivity contribution in [3.05, 3.63) is 0 Å². The highest BCUT2D eigenvalue weighted by atomic mass is 16.6. The third-order valence-corrected chi connectivity index (χ3v) is 13.4. The second kappa shape index (κ2) is 51.4. The summed E-state index contributed by atoms with van der Waals surface area (Å²) < 4.78 is 16.8. The zero-order chi connectivity index (χ0) is 45.9. The van der Waals surface area contributed by atoms with Gasteiger partial charge in [-0.15, -0.1) is 0 Å². The number of rotatable bonds is 52. The van der Waals surface area contributed by atoms with Crippen LogP contribution >= 0.6 is 0 Å². The van der Waals surface area contributed by atoms with Crippen LogP contribution in [0.5, 0.6) is 0 Å². The Bertz CT molecular complexity index is 951. The predicted octanol–water partition coefficient (Wildman–Crippen LogP) is 18.6. The van der Waals surface area contributed by atoms with Gasteiger partial charge in [-0.3, -0.25) is 14.4 Å². The van der Waals surface area contributed by atoms with Gasteiger partial charge < -0.3 is 14.2 Å². The summed E-state index contributed by atoms with van der Waals surface area (Å²) in [5.74, 6) is 0.0540. The van der Waals surface area contributed by atoms with Crippen LogP contribution in [-0.4, -0.2) is 37.2 Å². The van der Waals surface area contributed by atoms with Gasteiger partial charge >= 0.3 is 17.9 Å². The van der Waals surface area contributed by atoms with E-state index in [9.17, 15) is 14.4 Å². The van der Waals surface area contributed by atoms with E-state index in [2.05, 4.69) is 27.7 Å². The molecule has 0 aromatic rings. The number of hydrogen-bond donors (Lipinski definition) is 0. The Hall–Kier alpha value is -1.59. The summed E-state index contributed by atoms with van der Waals surface area (Å²) in [6, 6.07) is 0. The first kappa shape index (κ1) is 61.4. The van der Waals surface area contributed by atoms with Crippen molar-refractivity contribution in [3.63, 3.8) is 0 Å². The van der Waals surface area contributed by atoms with E-state index in [1.54, 1.807) is 0 Å². The van der Waals surface area contributed by atoms with Gasteiger partial charge in [-0.1, -0.05) is 285 Å². The van der Waals surface area contributed by atoms with Crippen molar-refractivity contribution in [2.75, 3.05) is 13.2 Å². The zero-order valence-corrected chi connectivity index (χ0v) is 43.0. The molecule has 0 aliphatic heterocycles. The van der Waals surface area contributed by atoms with Gasteiger partial charge in [0.2, 0.25) is 0 Å². The van der Waals surface area contributed by atoms with Crippen LogP contribution in [0.4, 0.5) is 0 Å². The monoisotopic (exact) mass is 891 g/mol. The van der Waals surface area contributed by atoms with Crippen LogP contribution in [0.25, 0.3) is 0 Å². The first-order valence-corrected chi connectivity index (χ1v) is 28.4. The zero-order valence-electron chi connectivity index (χ0n) is 43.0. The minimum Gasteiger partial charge on any atom is -0.462 e. The highest BCUT2D eigenvalue weighted by Gasteiger charge is 2.19. The Balaban J connectivity index is 4.22. The van der Waals surface area contributed by atoms with Gasteiger partial charge in [0.1, 0.15) is 13.2 Å². The molecule has 63 heavy (non-hydrogen) atoms. The molecule has 2 atom stereocenters. The van der Waals surface area contributed by atoms with Gasteiger partial charge in [-0.25, -0.2) is 0 Å². The average molecular weight is 892 g/mol. The third-order valence-electron chi connectivity index (χ3n) is 13.4. The summed E-state index contributed by atoms with van der Waals surface area (Å²) in [5.41, 5.74) is 0. The Labute approximate surface area is 393 Å². The van der Waals surface area contributed by atoms with Crippen LogP contribution in [0.1, 0.15) is 323 Å². The molecule has 0 rings (SSSR count). The lowest BCUT2D eigenvalue weighted by Crippen LogP contribution is -2.30. The van der Waals surface area contributed by atoms with Gasteiger partial charge in [0.25, 0.3) is 0 Å². The number of carbonyl (C=O) groups is 3. The Morgan fingerprint density at radius 1 is 0.317 bits per heavy atom. The molecule has 0 N–H and O–H groups in total. The largest absolute Gasteiger partial charge is 0.462 e. The first-order chi connectivity index (χ1) is 30.9. The fourth-order valence-electron chi connectivity index (χ4n) is 8.72. The van der Waals surface area contributed by atoms with Gasteiger partial charge in [-0.05, 0) is 25.2 Å². The quantitative estimate of drug-likeness (QED) is 0.0344. The summed E-state index contributed by atoms with van der Waals surface area (Å²) >= 11 is 0. The molecule has 0 aromatic heterocycles. The normalized spacial score (nSPS) is 12.4. The molecule has 1 unspecified atom stereocenters. The van der Waals surface area contributed by atoms with E-state index in [0.29, 0.717) is 19.3 Å². The summed E-state index contributed by atoms with van der Waals surface area (Å²) in [5, 5.41) is 0. The van der Waals surface area contributed by atoms with Crippen molar-refractivity contribution in [2.45, 2.75) is 329 Å². The first-order valence-electron chi connectivity index (χ1n) is 28.4. The maximum absolute atomic E-state index is 12.8. The molecule has 0 aliphatic carbocycles. The van der Waals surface area contributed by atoms with Crippen LogP contribution in [0.15, 0.2) is 0 Å². The smallest absolute Gasteiger partial charge is 0.306 e. The molecule has 0 bridgehead atoms. The van der Waals surface area contributed by atoms with Crippen LogP contribution in [-0.2, 0) is 28.6 Å². The summed E-state index contributed by atoms with van der Waals surface area (Å²) in [6.07, 6.45) is 55.2. The van der Waals surface area contributed by atoms with Crippen molar-refractivity contribution < 1.29 is 28.6 Å². The summed E-state index contributed by atoms with van der Waals surface area (Å²) in [4.78, 5) is 38.0. The Morgan fingerprint density at radius 2 is 0.556 bits per heavy atom. The molecular formula is C57H110O6. The highest BCUT2D eigenvalue weighted by Crippen LogP contribution is 2.18. The van der Waals surface area contributed by atoms with Gasteiger partial charge in [-0.2, -0.15) is 0 Å². The van der Waals surface area contributed by atoms with Gasteiger partial charge in [0, 0.05) is 19.3 Å². The molecule has 6 nitrogen and oxygen atoms in total. The standard InChI is InChI=1S/C57H110O6/c1-5-8-10-12-14-16-17-18-19-20-21-22-26-29-33-37-41-45-49-56(59)62-52-54(51-61-55(58)48-44-40-36-31-15-13-11-9-6-2)63-57(60)50-46-42-38-34-30-27-24-23-25-28-32-35-39-43-47-53(4)7-3/h53-54H,5-52H2,1-4H3/t53?,54-/m1/s1. The van der Waals surface area contributed by atoms with E-state index < -0.39 is 6.10 Å². The highest BCUT2D eigenvalue weighted by molar-refractivity contribution is 5.71. The SMILES string of the molecule is CCCCCCCCCCCCCCCCCCCCC(=O)OC[C@@H](COC(=O)CCCCCCCCCCC)OC(=O)CCCCCCCCCCCCCCCCC(C)CC. The number of unbranched alkanes of at least 4 members (excludes halogenated alkanes) is 38. The summed E-state index contributed by atoms with van der Waals surface area (Å²) in [7, 11) is 0. The molecule has 0 amide bonds. The van der Waals surface area contributed by atoms with E-state index in [-0.39, 0.29) is 31.1 Å². The van der Waals surface area contributed by atoms with E-state index in [4.69, 9.17) is 14.2 Å². The lowest BCUT2D eigenvalue weighted by Gasteiger charge is -2.18. The van der Waals surface area contributed by atoms with Gasteiger partial charge in [0.15, 0.2) is 6.10 Å². The molecule has 0 radical (unpaired) electrons. The minimum atomic E-state index is -0.761. The fourth-order valence-corrected chi connectivity index (χ4v) is 8.72. The molecular weight excluding hydrogens is 781 g/mol. The van der Waals surface area contributed by atoms with E-state index >= 15 is 0 Å². The van der Waals surface area contributed by atoms with Crippen molar-refractivity contribution in [3.8, 4) is 0 Å². The molecule has 0 aliphatic rings. The number of ether oxygens (including phenoxy) is 3. The number of hydrogen-bond acceptors (Lipinski definition) is 6. The molecule has 0 fully saturated rings. The molecule has 0 saturated heterocycles. The summed E-state index contributed by atoms with van der Waals surface area (Å²) in [6.45, 7) is 9.07. The van der Waals surface area contributed by atoms with Gasteiger partial charge in [0.05, 0.1) is 0 Å². The van der Waals surface area contributed by atoms with E-state index in [1.165, 1.54) is 218 Å². The average Bonchev–Trinajstić information content (AvgIpc) is 3.28. The van der Waals surface area contributed by atoms with Crippen molar-refractivity contribution in [1.82, 2.24) is 0 Å². The molecule has 374 valence electrons. The number of carbonyl (C=O) groups excluding carboxylic acids is 3. The molecule has 0 saturated carbocycles. The molecule has 0 heterocycles. The maximum Gasteiger partial charge on any atom is 0.306 e. The third kappa shape index (κ3) is 49.7. The Kier molecular flexibility index (Phi) is 50.1. The van der Waals surface area contributed by atoms with E-state index in [1.807, 2.05) is 0 Å². The van der Waals surface area contributed by atoms with Crippen molar-refractivity contribution in [2.24, 2.45) is 5.92 Å². The van der Waals surface area contributed by atoms with Crippen molar-refractivity contribution in [1.29, 1.82) is 0 Å². The van der Waals surface area contributed by atoms with Crippen molar-refractivity contribution >= 4 is 17.9 Å². The predicted molar refractivity (Wildman–Crippen MR) is 270 cm³/mol. The topological polar surface area (TPSA) is 78.9 Å². The lowest BCUT2D eigenvalue weighted by molar-refractivity contribution is -0.167. The molecule has 0 aromatic carbocycles. The fraction of sp³-hybridized carbons (Fsp3) is 0.947. The lowest BCUT2D eigenvalue weighted by atomic mass is 9.99. The molecule has 0 spiro atoms. The Morgan fingerprint density at radius 3 is 0.825 bits per heavy atom. The van der Waals surface area contributed by atoms with Crippen LogP contribution < -0.4 is 0 Å².